The summed E-state index contributed by atoms with van der Waals surface area (Å²) in [6.45, 7) is 6.44. The zero-order valence-corrected chi connectivity index (χ0v) is 8.26. The van der Waals surface area contributed by atoms with E-state index in [9.17, 15) is 4.79 Å². The zero-order chi connectivity index (χ0) is 9.56. The Balaban J connectivity index is 3.70. The van der Waals surface area contributed by atoms with Gasteiger partial charge in [0, 0.05) is 18.5 Å². The van der Waals surface area contributed by atoms with Crippen LogP contribution in [0.15, 0.2) is 0 Å². The van der Waals surface area contributed by atoms with Gasteiger partial charge < -0.3 is 11.1 Å². The van der Waals surface area contributed by atoms with Gasteiger partial charge >= 0.3 is 0 Å². The molecule has 0 heterocycles. The van der Waals surface area contributed by atoms with Crippen molar-refractivity contribution in [2.45, 2.75) is 39.7 Å². The molecular formula is C9H20N2O. The molecule has 0 aliphatic carbocycles. The lowest BCUT2D eigenvalue weighted by Crippen LogP contribution is -2.40. The first-order valence-electron chi connectivity index (χ1n) is 4.62. The first-order valence-corrected chi connectivity index (χ1v) is 4.62. The van der Waals surface area contributed by atoms with E-state index < -0.39 is 0 Å². The van der Waals surface area contributed by atoms with Gasteiger partial charge in [-0.1, -0.05) is 20.3 Å². The Labute approximate surface area is 74.7 Å². The molecule has 2 atom stereocenters. The number of hydrogen-bond donors (Lipinski definition) is 2. The maximum atomic E-state index is 11.3. The molecule has 3 nitrogen and oxygen atoms in total. The lowest BCUT2D eigenvalue weighted by molar-refractivity contribution is -0.125. The highest BCUT2D eigenvalue weighted by Crippen LogP contribution is 2.04. The standard InChI is InChI=1S/C9H20N2O/c1-4-5-7(2)9(12)11-8(3)6-10/h7-8H,4-6,10H2,1-3H3,(H,11,12)/t7?,8-/m1/s1. The van der Waals surface area contributed by atoms with E-state index in [-0.39, 0.29) is 17.9 Å². The Morgan fingerprint density at radius 1 is 1.50 bits per heavy atom. The van der Waals surface area contributed by atoms with Gasteiger partial charge in [0.2, 0.25) is 5.91 Å². The molecule has 0 saturated heterocycles. The van der Waals surface area contributed by atoms with Crippen LogP contribution in [0.4, 0.5) is 0 Å². The van der Waals surface area contributed by atoms with E-state index in [0.29, 0.717) is 6.54 Å². The Bertz CT molecular complexity index is 136. The quantitative estimate of drug-likeness (QED) is 0.647. The van der Waals surface area contributed by atoms with Gasteiger partial charge in [0.25, 0.3) is 0 Å². The van der Waals surface area contributed by atoms with Gasteiger partial charge in [0.05, 0.1) is 0 Å². The maximum Gasteiger partial charge on any atom is 0.223 e. The minimum absolute atomic E-state index is 0.0943. The summed E-state index contributed by atoms with van der Waals surface area (Å²) in [5.74, 6) is 0.235. The van der Waals surface area contributed by atoms with E-state index >= 15 is 0 Å². The average molecular weight is 172 g/mol. The molecule has 0 spiro atoms. The van der Waals surface area contributed by atoms with Gasteiger partial charge in [-0.05, 0) is 13.3 Å². The summed E-state index contributed by atoms with van der Waals surface area (Å²) in [6, 6.07) is 0.0943. The van der Waals surface area contributed by atoms with E-state index in [1.165, 1.54) is 0 Å². The van der Waals surface area contributed by atoms with E-state index in [4.69, 9.17) is 5.73 Å². The highest BCUT2D eigenvalue weighted by atomic mass is 16.1. The highest BCUT2D eigenvalue weighted by molar-refractivity contribution is 5.78. The largest absolute Gasteiger partial charge is 0.352 e. The third kappa shape index (κ3) is 4.34. The Morgan fingerprint density at radius 2 is 2.08 bits per heavy atom. The van der Waals surface area contributed by atoms with Crippen molar-refractivity contribution in [1.82, 2.24) is 5.32 Å². The molecule has 3 heteroatoms. The summed E-state index contributed by atoms with van der Waals surface area (Å²) in [5, 5.41) is 2.85. The van der Waals surface area contributed by atoms with Gasteiger partial charge in [0.1, 0.15) is 0 Å². The second-order valence-electron chi connectivity index (χ2n) is 3.34. The van der Waals surface area contributed by atoms with Crippen LogP contribution in [0.1, 0.15) is 33.6 Å². The Morgan fingerprint density at radius 3 is 2.50 bits per heavy atom. The molecule has 1 amide bonds. The molecule has 0 aliphatic rings. The van der Waals surface area contributed by atoms with Crippen molar-refractivity contribution in [1.29, 1.82) is 0 Å². The molecule has 0 radical (unpaired) electrons. The van der Waals surface area contributed by atoms with Crippen LogP contribution in [0.25, 0.3) is 0 Å². The van der Waals surface area contributed by atoms with Crippen molar-refractivity contribution >= 4 is 5.91 Å². The maximum absolute atomic E-state index is 11.3. The summed E-state index contributed by atoms with van der Waals surface area (Å²) in [7, 11) is 0. The van der Waals surface area contributed by atoms with E-state index in [1.54, 1.807) is 0 Å². The average Bonchev–Trinajstić information content (AvgIpc) is 2.04. The van der Waals surface area contributed by atoms with Crippen molar-refractivity contribution in [3.05, 3.63) is 0 Å². The molecule has 1 unspecified atom stereocenters. The topological polar surface area (TPSA) is 55.1 Å². The summed E-state index contributed by atoms with van der Waals surface area (Å²) in [4.78, 5) is 11.3. The van der Waals surface area contributed by atoms with Gasteiger partial charge in [-0.2, -0.15) is 0 Å². The fraction of sp³-hybridized carbons (Fsp3) is 0.889. The monoisotopic (exact) mass is 172 g/mol. The molecule has 0 saturated carbocycles. The van der Waals surface area contributed by atoms with Crippen LogP contribution in [0.2, 0.25) is 0 Å². The molecule has 3 N–H and O–H groups in total. The molecule has 0 fully saturated rings. The van der Waals surface area contributed by atoms with E-state index in [2.05, 4.69) is 12.2 Å². The van der Waals surface area contributed by atoms with Crippen molar-refractivity contribution in [2.24, 2.45) is 11.7 Å². The van der Waals surface area contributed by atoms with Gasteiger partial charge in [0.15, 0.2) is 0 Å². The van der Waals surface area contributed by atoms with Crippen LogP contribution in [0, 0.1) is 5.92 Å². The van der Waals surface area contributed by atoms with E-state index in [1.807, 2.05) is 13.8 Å². The van der Waals surface area contributed by atoms with Gasteiger partial charge in [-0.3, -0.25) is 4.79 Å². The first kappa shape index (κ1) is 11.4. The summed E-state index contributed by atoms with van der Waals surface area (Å²) in [5.41, 5.74) is 5.38. The molecule has 0 aromatic rings. The summed E-state index contributed by atoms with van der Waals surface area (Å²) < 4.78 is 0. The Kier molecular flexibility index (Phi) is 5.72. The van der Waals surface area contributed by atoms with Crippen LogP contribution in [-0.2, 0) is 4.79 Å². The van der Waals surface area contributed by atoms with Crippen LogP contribution in [0.3, 0.4) is 0 Å². The Hall–Kier alpha value is -0.570. The number of hydrogen-bond acceptors (Lipinski definition) is 2. The van der Waals surface area contributed by atoms with Gasteiger partial charge in [-0.15, -0.1) is 0 Å². The van der Waals surface area contributed by atoms with Crippen molar-refractivity contribution in [3.8, 4) is 0 Å². The van der Waals surface area contributed by atoms with Crippen molar-refractivity contribution in [3.63, 3.8) is 0 Å². The second-order valence-corrected chi connectivity index (χ2v) is 3.34. The summed E-state index contributed by atoms with van der Waals surface area (Å²) in [6.07, 6.45) is 1.99. The third-order valence-electron chi connectivity index (χ3n) is 1.91. The number of amides is 1. The van der Waals surface area contributed by atoms with Crippen LogP contribution in [0.5, 0.6) is 0 Å². The third-order valence-corrected chi connectivity index (χ3v) is 1.91. The minimum atomic E-state index is 0.0943. The van der Waals surface area contributed by atoms with Crippen molar-refractivity contribution in [2.75, 3.05) is 6.54 Å². The molecule has 0 aromatic heterocycles. The summed E-state index contributed by atoms with van der Waals surface area (Å²) >= 11 is 0. The fourth-order valence-corrected chi connectivity index (χ4v) is 1.01. The number of rotatable bonds is 5. The normalized spacial score (nSPS) is 15.3. The number of carbonyl (C=O) groups excluding carboxylic acids is 1. The predicted octanol–water partition coefficient (Wildman–Crippen LogP) is 0.886. The fourth-order valence-electron chi connectivity index (χ4n) is 1.01. The number of carbonyl (C=O) groups is 1. The number of nitrogens with one attached hydrogen (secondary N) is 1. The van der Waals surface area contributed by atoms with E-state index in [0.717, 1.165) is 12.8 Å². The number of nitrogens with two attached hydrogens (primary N) is 1. The lowest BCUT2D eigenvalue weighted by atomic mass is 10.1. The van der Waals surface area contributed by atoms with Crippen molar-refractivity contribution < 1.29 is 4.79 Å². The lowest BCUT2D eigenvalue weighted by Gasteiger charge is -2.15. The van der Waals surface area contributed by atoms with Crippen LogP contribution >= 0.6 is 0 Å². The first-order chi connectivity index (χ1) is 5.61. The van der Waals surface area contributed by atoms with Crippen LogP contribution in [-0.4, -0.2) is 18.5 Å². The predicted molar refractivity (Wildman–Crippen MR) is 50.7 cm³/mol. The molecule has 12 heavy (non-hydrogen) atoms. The highest BCUT2D eigenvalue weighted by Gasteiger charge is 2.12. The molecule has 0 bridgehead atoms. The molecule has 0 rings (SSSR count). The molecular weight excluding hydrogens is 152 g/mol. The molecule has 0 aromatic carbocycles. The zero-order valence-electron chi connectivity index (χ0n) is 8.26. The van der Waals surface area contributed by atoms with Crippen LogP contribution < -0.4 is 11.1 Å². The smallest absolute Gasteiger partial charge is 0.223 e. The SMILES string of the molecule is CCCC(C)C(=O)N[C@H](C)CN. The second kappa shape index (κ2) is 6.00. The minimum Gasteiger partial charge on any atom is -0.352 e. The molecule has 0 aliphatic heterocycles. The van der Waals surface area contributed by atoms with Gasteiger partial charge in [-0.25, -0.2) is 0 Å². The molecule has 72 valence electrons.